The second-order valence-corrected chi connectivity index (χ2v) is 10.1. The van der Waals surface area contributed by atoms with E-state index in [0.717, 1.165) is 56.4 Å². The van der Waals surface area contributed by atoms with Crippen LogP contribution in [0.3, 0.4) is 0 Å². The Kier molecular flexibility index (Phi) is 3.70. The summed E-state index contributed by atoms with van der Waals surface area (Å²) in [6.45, 7) is 2.22. The third-order valence-corrected chi connectivity index (χ3v) is 8.52. The van der Waals surface area contributed by atoms with Gasteiger partial charge in [-0.25, -0.2) is 14.2 Å². The van der Waals surface area contributed by atoms with Gasteiger partial charge in [-0.05, 0) is 31.0 Å². The highest BCUT2D eigenvalue weighted by atomic mass is 32.1. The van der Waals surface area contributed by atoms with Gasteiger partial charge in [-0.3, -0.25) is 4.68 Å². The molecule has 7 nitrogen and oxygen atoms in total. The molecule has 0 bridgehead atoms. The van der Waals surface area contributed by atoms with Gasteiger partial charge in [-0.15, -0.1) is 11.3 Å². The van der Waals surface area contributed by atoms with Crippen LogP contribution in [0.15, 0.2) is 24.4 Å². The molecule has 10 heteroatoms. The van der Waals surface area contributed by atoms with E-state index in [2.05, 4.69) is 16.1 Å². The maximum atomic E-state index is 14.4. The van der Waals surface area contributed by atoms with Crippen molar-refractivity contribution in [2.24, 2.45) is 7.05 Å². The Labute approximate surface area is 179 Å². The molecule has 0 radical (unpaired) electrons. The second-order valence-electron chi connectivity index (χ2n) is 8.05. The monoisotopic (exact) mass is 443 g/mol. The van der Waals surface area contributed by atoms with Gasteiger partial charge >= 0.3 is 6.09 Å². The first kappa shape index (κ1) is 18.1. The molecule has 6 rings (SSSR count). The maximum absolute atomic E-state index is 14.4. The number of aromatic nitrogens is 3. The highest BCUT2D eigenvalue weighted by Crippen LogP contribution is 2.45. The maximum Gasteiger partial charge on any atom is 0.407 e. The van der Waals surface area contributed by atoms with Gasteiger partial charge in [-0.1, -0.05) is 11.3 Å². The van der Waals surface area contributed by atoms with E-state index in [4.69, 9.17) is 4.98 Å². The molecule has 2 aliphatic heterocycles. The minimum Gasteiger partial charge on any atom is -0.465 e. The summed E-state index contributed by atoms with van der Waals surface area (Å²) < 4.78 is 17.1. The molecule has 154 valence electrons. The van der Waals surface area contributed by atoms with Gasteiger partial charge in [0.15, 0.2) is 5.82 Å². The van der Waals surface area contributed by atoms with Crippen LogP contribution < -0.4 is 4.90 Å². The Hall–Kier alpha value is -2.72. The summed E-state index contributed by atoms with van der Waals surface area (Å²) in [5.41, 5.74) is 0.907. The summed E-state index contributed by atoms with van der Waals surface area (Å²) in [5.74, 6) is -0.340. The van der Waals surface area contributed by atoms with Gasteiger partial charge in [0.1, 0.15) is 15.4 Å². The zero-order valence-corrected chi connectivity index (χ0v) is 17.8. The first-order valence-electron chi connectivity index (χ1n) is 9.71. The fourth-order valence-electron chi connectivity index (χ4n) is 4.65. The fourth-order valence-corrected chi connectivity index (χ4v) is 6.87. The fraction of sp³-hybridized carbons (Fsp3) is 0.350. The predicted octanol–water partition coefficient (Wildman–Crippen LogP) is 4.38. The average Bonchev–Trinajstić information content (AvgIpc) is 3.41. The summed E-state index contributed by atoms with van der Waals surface area (Å²) >= 11 is 3.17. The van der Waals surface area contributed by atoms with Crippen LogP contribution in [0, 0.1) is 5.82 Å². The van der Waals surface area contributed by atoms with E-state index in [9.17, 15) is 14.3 Å². The number of carbonyl (C=O) groups is 1. The molecular formula is C20H18FN5O2S2. The molecule has 0 saturated carbocycles. The van der Waals surface area contributed by atoms with Crippen LogP contribution in [0.1, 0.15) is 12.8 Å². The summed E-state index contributed by atoms with van der Waals surface area (Å²) in [5, 5.41) is 16.2. The molecule has 2 saturated heterocycles. The molecule has 0 aliphatic carbocycles. The van der Waals surface area contributed by atoms with Crippen molar-refractivity contribution < 1.29 is 14.3 Å². The third kappa shape index (κ3) is 2.56. The Bertz CT molecular complexity index is 1300. The first-order valence-corrected chi connectivity index (χ1v) is 11.3. The number of carboxylic acid groups (broad SMARTS) is 1. The van der Waals surface area contributed by atoms with E-state index in [1.807, 2.05) is 6.07 Å². The van der Waals surface area contributed by atoms with Crippen LogP contribution in [0.4, 0.5) is 14.2 Å². The number of fused-ring (bicyclic) bond motifs is 2. The van der Waals surface area contributed by atoms with Crippen molar-refractivity contribution in [2.45, 2.75) is 18.4 Å². The van der Waals surface area contributed by atoms with Crippen LogP contribution in [0.5, 0.6) is 0 Å². The molecule has 1 aromatic carbocycles. The summed E-state index contributed by atoms with van der Waals surface area (Å²) in [6, 6.07) is 5.55. The Morgan fingerprint density at radius 3 is 2.80 bits per heavy atom. The number of anilines is 1. The molecule has 1 N–H and O–H groups in total. The van der Waals surface area contributed by atoms with Crippen molar-refractivity contribution >= 4 is 54.2 Å². The zero-order valence-electron chi connectivity index (χ0n) is 16.1. The van der Waals surface area contributed by atoms with E-state index in [1.54, 1.807) is 45.5 Å². The molecule has 1 atom stereocenters. The number of rotatable bonds is 2. The minimum absolute atomic E-state index is 0.224. The number of hydrogen-bond donors (Lipinski definition) is 1. The van der Waals surface area contributed by atoms with E-state index in [0.29, 0.717) is 12.1 Å². The van der Waals surface area contributed by atoms with Gasteiger partial charge in [-0.2, -0.15) is 5.10 Å². The van der Waals surface area contributed by atoms with Gasteiger partial charge in [0.25, 0.3) is 0 Å². The number of likely N-dealkylation sites (tertiary alicyclic amines) is 1. The van der Waals surface area contributed by atoms with Crippen molar-refractivity contribution in [3.8, 4) is 10.6 Å². The van der Waals surface area contributed by atoms with E-state index in [-0.39, 0.29) is 11.4 Å². The van der Waals surface area contributed by atoms with E-state index in [1.165, 1.54) is 6.07 Å². The highest BCUT2D eigenvalue weighted by Gasteiger charge is 2.51. The van der Waals surface area contributed by atoms with Crippen molar-refractivity contribution in [1.29, 1.82) is 0 Å². The highest BCUT2D eigenvalue weighted by molar-refractivity contribution is 7.30. The molecule has 3 aromatic heterocycles. The number of halogens is 1. The van der Waals surface area contributed by atoms with Crippen LogP contribution in [-0.4, -0.2) is 56.0 Å². The van der Waals surface area contributed by atoms with Crippen molar-refractivity contribution in [1.82, 2.24) is 19.7 Å². The number of amides is 1. The zero-order chi connectivity index (χ0) is 20.6. The number of aryl methyl sites for hydroxylation is 1. The van der Waals surface area contributed by atoms with Crippen molar-refractivity contribution in [3.63, 3.8) is 0 Å². The predicted molar refractivity (Wildman–Crippen MR) is 116 cm³/mol. The van der Waals surface area contributed by atoms with Crippen molar-refractivity contribution in [2.75, 3.05) is 24.5 Å². The molecule has 5 heterocycles. The smallest absolute Gasteiger partial charge is 0.407 e. The number of thiazole rings is 1. The number of thiophene rings is 1. The van der Waals surface area contributed by atoms with Crippen LogP contribution in [0.25, 0.3) is 31.0 Å². The van der Waals surface area contributed by atoms with Gasteiger partial charge in [0, 0.05) is 43.8 Å². The van der Waals surface area contributed by atoms with Gasteiger partial charge < -0.3 is 14.9 Å². The summed E-state index contributed by atoms with van der Waals surface area (Å²) in [4.78, 5) is 21.0. The molecule has 2 aliphatic rings. The molecule has 1 spiro atoms. The van der Waals surface area contributed by atoms with Crippen LogP contribution in [-0.2, 0) is 7.05 Å². The van der Waals surface area contributed by atoms with E-state index < -0.39 is 6.09 Å². The SMILES string of the molecule is Cn1cc2cc(-c3nc4sc(N5CCC6(CCN6C(=O)O)C5)cc4s3)cc(F)c2n1. The summed E-state index contributed by atoms with van der Waals surface area (Å²) in [7, 11) is 1.78. The Balaban J connectivity index is 1.29. The molecule has 2 fully saturated rings. The van der Waals surface area contributed by atoms with Gasteiger partial charge in [0.2, 0.25) is 0 Å². The number of hydrogen-bond acceptors (Lipinski definition) is 6. The number of benzene rings is 1. The van der Waals surface area contributed by atoms with Crippen LogP contribution >= 0.6 is 22.7 Å². The second kappa shape index (κ2) is 6.14. The quantitative estimate of drug-likeness (QED) is 0.498. The lowest BCUT2D eigenvalue weighted by atomic mass is 9.84. The van der Waals surface area contributed by atoms with Crippen molar-refractivity contribution in [3.05, 3.63) is 30.2 Å². The molecule has 1 unspecified atom stereocenters. The third-order valence-electron chi connectivity index (χ3n) is 6.25. The molecular weight excluding hydrogens is 425 g/mol. The van der Waals surface area contributed by atoms with Crippen LogP contribution in [0.2, 0.25) is 0 Å². The number of nitrogens with zero attached hydrogens (tertiary/aromatic N) is 5. The lowest BCUT2D eigenvalue weighted by Gasteiger charge is -2.48. The minimum atomic E-state index is -0.820. The lowest BCUT2D eigenvalue weighted by molar-refractivity contribution is 0.0146. The average molecular weight is 444 g/mol. The first-order chi connectivity index (χ1) is 14.4. The standard InChI is InChI=1S/C20H18FN5O2S2/c1-24-9-12-6-11(7-13(21)16(12)23-24)17-22-18-14(29-17)8-15(30-18)25-4-2-20(10-25)3-5-26(20)19(27)28/h6-9H,2-5,10H2,1H3,(H,27,28). The Morgan fingerprint density at radius 2 is 2.07 bits per heavy atom. The topological polar surface area (TPSA) is 74.5 Å². The largest absolute Gasteiger partial charge is 0.465 e. The normalized spacial score (nSPS) is 21.3. The summed E-state index contributed by atoms with van der Waals surface area (Å²) in [6.07, 6.45) is 2.79. The lowest BCUT2D eigenvalue weighted by Crippen LogP contribution is -2.63. The molecule has 1 amide bonds. The van der Waals surface area contributed by atoms with E-state index >= 15 is 0 Å². The van der Waals surface area contributed by atoms with Gasteiger partial charge in [0.05, 0.1) is 15.2 Å². The molecule has 30 heavy (non-hydrogen) atoms. The Morgan fingerprint density at radius 1 is 1.23 bits per heavy atom. The molecule has 4 aromatic rings.